The molecule has 2 aliphatic heterocycles. The maximum absolute atomic E-state index is 12.6. The van der Waals surface area contributed by atoms with Gasteiger partial charge in [0.1, 0.15) is 0 Å². The molecular formula is C18H22N4O3. The minimum atomic E-state index is 0.152. The number of hydrogen-bond acceptors (Lipinski definition) is 5. The third kappa shape index (κ3) is 3.32. The molecule has 0 aliphatic carbocycles. The van der Waals surface area contributed by atoms with Crippen LogP contribution in [0, 0.1) is 0 Å². The van der Waals surface area contributed by atoms with E-state index in [-0.39, 0.29) is 12.7 Å². The molecule has 7 nitrogen and oxygen atoms in total. The highest BCUT2D eigenvalue weighted by molar-refractivity contribution is 5.78. The molecule has 2 aliphatic rings. The molecule has 0 atom stereocenters. The van der Waals surface area contributed by atoms with Crippen molar-refractivity contribution in [3.05, 3.63) is 42.2 Å². The first-order chi connectivity index (χ1) is 12.2. The van der Waals surface area contributed by atoms with Crippen LogP contribution in [0.1, 0.15) is 18.5 Å². The molecule has 7 heteroatoms. The zero-order chi connectivity index (χ0) is 17.2. The number of benzene rings is 1. The van der Waals surface area contributed by atoms with E-state index < -0.39 is 0 Å². The minimum Gasteiger partial charge on any atom is -0.454 e. The Morgan fingerprint density at radius 2 is 2.16 bits per heavy atom. The van der Waals surface area contributed by atoms with Crippen LogP contribution < -0.4 is 9.47 Å². The summed E-state index contributed by atoms with van der Waals surface area (Å²) < 4.78 is 12.7. The molecule has 25 heavy (non-hydrogen) atoms. The van der Waals surface area contributed by atoms with Crippen molar-refractivity contribution in [3.8, 4) is 11.5 Å². The fraction of sp³-hybridized carbons (Fsp3) is 0.444. The van der Waals surface area contributed by atoms with E-state index in [4.69, 9.17) is 9.47 Å². The predicted molar refractivity (Wildman–Crippen MR) is 91.4 cm³/mol. The lowest BCUT2D eigenvalue weighted by molar-refractivity contribution is -0.134. The molecule has 3 heterocycles. The van der Waals surface area contributed by atoms with Crippen molar-refractivity contribution in [2.24, 2.45) is 0 Å². The number of carbonyl (C=O) groups is 1. The molecule has 1 aromatic carbocycles. The fourth-order valence-electron chi connectivity index (χ4n) is 3.26. The first-order valence-electron chi connectivity index (χ1n) is 8.60. The van der Waals surface area contributed by atoms with Crippen molar-refractivity contribution in [2.75, 3.05) is 33.0 Å². The van der Waals surface area contributed by atoms with Gasteiger partial charge in [0.25, 0.3) is 0 Å². The maximum atomic E-state index is 12.6. The molecule has 0 saturated carbocycles. The van der Waals surface area contributed by atoms with Gasteiger partial charge in [-0.1, -0.05) is 6.07 Å². The number of hydrogen-bond donors (Lipinski definition) is 0. The van der Waals surface area contributed by atoms with E-state index in [1.165, 1.54) is 0 Å². The van der Waals surface area contributed by atoms with E-state index >= 15 is 0 Å². The number of carbonyl (C=O) groups excluding carboxylic acids is 1. The first-order valence-corrected chi connectivity index (χ1v) is 8.60. The Kier molecular flexibility index (Phi) is 4.31. The highest BCUT2D eigenvalue weighted by Crippen LogP contribution is 2.32. The highest BCUT2D eigenvalue weighted by atomic mass is 16.7. The van der Waals surface area contributed by atoms with Crippen LogP contribution in [0.3, 0.4) is 0 Å². The van der Waals surface area contributed by atoms with Crippen LogP contribution >= 0.6 is 0 Å². The summed E-state index contributed by atoms with van der Waals surface area (Å²) >= 11 is 0. The van der Waals surface area contributed by atoms with Gasteiger partial charge in [-0.3, -0.25) is 14.4 Å². The van der Waals surface area contributed by atoms with Crippen molar-refractivity contribution in [2.45, 2.75) is 19.5 Å². The molecule has 2 aromatic rings. The monoisotopic (exact) mass is 342 g/mol. The molecular weight excluding hydrogens is 320 g/mol. The van der Waals surface area contributed by atoms with Crippen molar-refractivity contribution >= 4 is 5.91 Å². The van der Waals surface area contributed by atoms with Gasteiger partial charge in [0.05, 0.1) is 12.6 Å². The van der Waals surface area contributed by atoms with E-state index in [1.54, 1.807) is 6.20 Å². The van der Waals surface area contributed by atoms with Crippen molar-refractivity contribution in [1.29, 1.82) is 0 Å². The number of nitrogens with zero attached hydrogens (tertiary/aromatic N) is 4. The Balaban J connectivity index is 1.31. The van der Waals surface area contributed by atoms with E-state index in [9.17, 15) is 4.79 Å². The largest absolute Gasteiger partial charge is 0.454 e. The van der Waals surface area contributed by atoms with E-state index in [2.05, 4.69) is 10.00 Å². The Bertz CT molecular complexity index is 741. The summed E-state index contributed by atoms with van der Waals surface area (Å²) in [5, 5.41) is 4.26. The number of fused-ring (bicyclic) bond motifs is 1. The summed E-state index contributed by atoms with van der Waals surface area (Å²) in [5.41, 5.74) is 1.05. The number of amides is 1. The fourth-order valence-corrected chi connectivity index (χ4v) is 3.26. The molecule has 0 bridgehead atoms. The van der Waals surface area contributed by atoms with Gasteiger partial charge >= 0.3 is 0 Å². The molecule has 0 N–H and O–H groups in total. The lowest BCUT2D eigenvalue weighted by atomic mass is 10.1. The zero-order valence-electron chi connectivity index (χ0n) is 14.3. The average Bonchev–Trinajstić information content (AvgIpc) is 3.26. The summed E-state index contributed by atoms with van der Waals surface area (Å²) in [7, 11) is 0. The standard InChI is InChI=1S/C18H22N4O3/c1-2-21(9-14-4-5-16-17(8-14)25-13-24-16)18(23)12-20-10-15(11-20)22-7-3-6-19-22/h3-8,15H,2,9-13H2,1H3. The molecule has 1 amide bonds. The number of rotatable bonds is 6. The molecule has 1 aromatic heterocycles. The van der Waals surface area contributed by atoms with Gasteiger partial charge in [0, 0.05) is 38.6 Å². The van der Waals surface area contributed by atoms with Crippen molar-refractivity contribution < 1.29 is 14.3 Å². The third-order valence-corrected chi connectivity index (χ3v) is 4.74. The van der Waals surface area contributed by atoms with Crippen LogP contribution in [-0.4, -0.2) is 58.5 Å². The first kappa shape index (κ1) is 16.0. The lowest BCUT2D eigenvalue weighted by Crippen LogP contribution is -2.52. The lowest BCUT2D eigenvalue weighted by Gasteiger charge is -2.39. The normalized spacial score (nSPS) is 16.7. The molecule has 0 spiro atoms. The maximum Gasteiger partial charge on any atom is 0.237 e. The van der Waals surface area contributed by atoms with Gasteiger partial charge in [-0.15, -0.1) is 0 Å². The molecule has 0 radical (unpaired) electrons. The Morgan fingerprint density at radius 1 is 1.32 bits per heavy atom. The Morgan fingerprint density at radius 3 is 2.92 bits per heavy atom. The second kappa shape index (κ2) is 6.76. The topological polar surface area (TPSA) is 59.8 Å². The van der Waals surface area contributed by atoms with Gasteiger partial charge in [-0.05, 0) is 30.7 Å². The van der Waals surface area contributed by atoms with Crippen LogP contribution in [0.5, 0.6) is 11.5 Å². The second-order valence-corrected chi connectivity index (χ2v) is 6.43. The number of likely N-dealkylation sites (N-methyl/N-ethyl adjacent to an activating group) is 1. The van der Waals surface area contributed by atoms with Crippen LogP contribution in [-0.2, 0) is 11.3 Å². The van der Waals surface area contributed by atoms with Gasteiger partial charge < -0.3 is 14.4 Å². The number of aromatic nitrogens is 2. The molecule has 1 fully saturated rings. The second-order valence-electron chi connectivity index (χ2n) is 6.43. The molecule has 0 unspecified atom stereocenters. The van der Waals surface area contributed by atoms with Crippen molar-refractivity contribution in [3.63, 3.8) is 0 Å². The summed E-state index contributed by atoms with van der Waals surface area (Å²) in [4.78, 5) is 16.7. The zero-order valence-corrected chi connectivity index (χ0v) is 14.3. The quantitative estimate of drug-likeness (QED) is 0.797. The molecule has 4 rings (SSSR count). The van der Waals surface area contributed by atoms with Crippen LogP contribution in [0.2, 0.25) is 0 Å². The van der Waals surface area contributed by atoms with Crippen LogP contribution in [0.15, 0.2) is 36.7 Å². The summed E-state index contributed by atoms with van der Waals surface area (Å²) in [6, 6.07) is 8.15. The van der Waals surface area contributed by atoms with Gasteiger partial charge in [0.15, 0.2) is 11.5 Å². The minimum absolute atomic E-state index is 0.152. The summed E-state index contributed by atoms with van der Waals surface area (Å²) in [5.74, 6) is 1.67. The summed E-state index contributed by atoms with van der Waals surface area (Å²) in [6.45, 7) is 5.74. The molecule has 132 valence electrons. The van der Waals surface area contributed by atoms with Gasteiger partial charge in [-0.25, -0.2) is 0 Å². The van der Waals surface area contributed by atoms with Crippen molar-refractivity contribution in [1.82, 2.24) is 19.6 Å². The van der Waals surface area contributed by atoms with Crippen LogP contribution in [0.25, 0.3) is 0 Å². The van der Waals surface area contributed by atoms with Crippen LogP contribution in [0.4, 0.5) is 0 Å². The number of ether oxygens (including phenoxy) is 2. The van der Waals surface area contributed by atoms with Gasteiger partial charge in [0.2, 0.25) is 12.7 Å². The van der Waals surface area contributed by atoms with E-state index in [0.29, 0.717) is 25.7 Å². The summed E-state index contributed by atoms with van der Waals surface area (Å²) in [6.07, 6.45) is 3.76. The predicted octanol–water partition coefficient (Wildman–Crippen LogP) is 1.52. The highest BCUT2D eigenvalue weighted by Gasteiger charge is 2.30. The number of likely N-dealkylation sites (tertiary alicyclic amines) is 1. The van der Waals surface area contributed by atoms with E-state index in [0.717, 1.165) is 30.2 Å². The molecule has 1 saturated heterocycles. The SMILES string of the molecule is CCN(Cc1ccc2c(c1)OCO2)C(=O)CN1CC(n2cccn2)C1. The van der Waals surface area contributed by atoms with Gasteiger partial charge in [-0.2, -0.15) is 5.10 Å². The Labute approximate surface area is 146 Å². The third-order valence-electron chi connectivity index (χ3n) is 4.74. The Hall–Kier alpha value is -2.54. The average molecular weight is 342 g/mol. The smallest absolute Gasteiger partial charge is 0.237 e. The van der Waals surface area contributed by atoms with E-state index in [1.807, 2.05) is 47.0 Å².